The van der Waals surface area contributed by atoms with Crippen LogP contribution in [0.2, 0.25) is 0 Å². The molecular weight excluding hydrogens is 308 g/mol. The molecular formula is C19H23Br. The summed E-state index contributed by atoms with van der Waals surface area (Å²) < 4.78 is 0. The number of hydrogen-bond acceptors (Lipinski definition) is 0. The Balaban J connectivity index is 2.45. The van der Waals surface area contributed by atoms with Crippen LogP contribution < -0.4 is 0 Å². The minimum Gasteiger partial charge on any atom is -0.0918 e. The Kier molecular flexibility index (Phi) is 5.04. The lowest BCUT2D eigenvalue weighted by molar-refractivity contribution is 0.462. The van der Waals surface area contributed by atoms with E-state index in [9.17, 15) is 0 Å². The molecule has 0 N–H and O–H groups in total. The number of hydrogen-bond donors (Lipinski definition) is 0. The molecule has 0 aromatic heterocycles. The predicted molar refractivity (Wildman–Crippen MR) is 91.8 cm³/mol. The number of halogens is 1. The van der Waals surface area contributed by atoms with Gasteiger partial charge in [0.1, 0.15) is 0 Å². The van der Waals surface area contributed by atoms with Gasteiger partial charge in [-0.3, -0.25) is 0 Å². The van der Waals surface area contributed by atoms with Crippen LogP contribution >= 0.6 is 15.9 Å². The molecule has 0 heterocycles. The summed E-state index contributed by atoms with van der Waals surface area (Å²) in [6.07, 6.45) is 2.23. The molecule has 1 unspecified atom stereocenters. The number of alkyl halides is 1. The van der Waals surface area contributed by atoms with Crippen molar-refractivity contribution in [2.24, 2.45) is 0 Å². The molecule has 0 saturated carbocycles. The van der Waals surface area contributed by atoms with E-state index < -0.39 is 0 Å². The Labute approximate surface area is 131 Å². The van der Waals surface area contributed by atoms with Crippen LogP contribution in [0, 0.1) is 13.8 Å². The molecule has 1 heteroatoms. The van der Waals surface area contributed by atoms with Gasteiger partial charge < -0.3 is 0 Å². The molecule has 0 amide bonds. The van der Waals surface area contributed by atoms with Gasteiger partial charge in [-0.25, -0.2) is 0 Å². The molecule has 0 saturated heterocycles. The van der Waals surface area contributed by atoms with Crippen molar-refractivity contribution in [2.75, 3.05) is 5.33 Å². The minimum atomic E-state index is 0.179. The van der Waals surface area contributed by atoms with Crippen LogP contribution in [0.5, 0.6) is 0 Å². The van der Waals surface area contributed by atoms with Gasteiger partial charge in [0.05, 0.1) is 0 Å². The van der Waals surface area contributed by atoms with E-state index in [1.807, 2.05) is 0 Å². The first-order chi connectivity index (χ1) is 9.63. The van der Waals surface area contributed by atoms with E-state index >= 15 is 0 Å². The third-order valence-corrected chi connectivity index (χ3v) is 5.55. The van der Waals surface area contributed by atoms with Crippen LogP contribution in [0.3, 0.4) is 0 Å². The van der Waals surface area contributed by atoms with Gasteiger partial charge in [0.2, 0.25) is 0 Å². The molecule has 0 fully saturated rings. The third-order valence-electron chi connectivity index (χ3n) is 4.48. The molecule has 0 aliphatic heterocycles. The van der Waals surface area contributed by atoms with E-state index in [0.717, 1.165) is 18.2 Å². The summed E-state index contributed by atoms with van der Waals surface area (Å²) >= 11 is 3.78. The van der Waals surface area contributed by atoms with Gasteiger partial charge in [0.15, 0.2) is 0 Å². The van der Waals surface area contributed by atoms with Crippen LogP contribution in [0.4, 0.5) is 0 Å². The van der Waals surface area contributed by atoms with E-state index in [1.165, 1.54) is 22.3 Å². The van der Waals surface area contributed by atoms with Crippen LogP contribution in [-0.4, -0.2) is 5.33 Å². The summed E-state index contributed by atoms with van der Waals surface area (Å²) in [5, 5.41) is 0.994. The molecule has 0 nitrogen and oxygen atoms in total. The van der Waals surface area contributed by atoms with Crippen molar-refractivity contribution in [1.82, 2.24) is 0 Å². The molecule has 2 rings (SSSR count). The first-order valence-corrected chi connectivity index (χ1v) is 8.41. The number of rotatable bonds is 5. The Morgan fingerprint density at radius 1 is 0.900 bits per heavy atom. The second-order valence-corrected chi connectivity index (χ2v) is 6.24. The minimum absolute atomic E-state index is 0.179. The highest BCUT2D eigenvalue weighted by molar-refractivity contribution is 9.09. The average molecular weight is 331 g/mol. The third kappa shape index (κ3) is 2.98. The van der Waals surface area contributed by atoms with Crippen LogP contribution in [0.15, 0.2) is 48.5 Å². The molecule has 20 heavy (non-hydrogen) atoms. The van der Waals surface area contributed by atoms with Crippen molar-refractivity contribution in [3.63, 3.8) is 0 Å². The van der Waals surface area contributed by atoms with Gasteiger partial charge >= 0.3 is 0 Å². The zero-order valence-electron chi connectivity index (χ0n) is 12.6. The normalized spacial score (nSPS) is 14.0. The van der Waals surface area contributed by atoms with Crippen molar-refractivity contribution in [2.45, 2.75) is 39.0 Å². The smallest absolute Gasteiger partial charge is 0.0132 e. The second-order valence-electron chi connectivity index (χ2n) is 5.68. The maximum atomic E-state index is 3.78. The van der Waals surface area contributed by atoms with Crippen LogP contribution in [0.25, 0.3) is 0 Å². The predicted octanol–water partition coefficient (Wildman–Crippen LogP) is 5.59. The van der Waals surface area contributed by atoms with Crippen molar-refractivity contribution < 1.29 is 0 Å². The first-order valence-electron chi connectivity index (χ1n) is 7.29. The van der Waals surface area contributed by atoms with E-state index in [-0.39, 0.29) is 5.41 Å². The summed E-state index contributed by atoms with van der Waals surface area (Å²) in [6, 6.07) is 17.5. The monoisotopic (exact) mass is 330 g/mol. The molecule has 0 bridgehead atoms. The molecule has 0 spiro atoms. The quantitative estimate of drug-likeness (QED) is 0.627. The van der Waals surface area contributed by atoms with Crippen LogP contribution in [0.1, 0.15) is 35.6 Å². The van der Waals surface area contributed by atoms with E-state index in [4.69, 9.17) is 0 Å². The number of aryl methyl sites for hydroxylation is 2. The standard InChI is InChI=1S/C19H23Br/c1-4-19(14-20,17-11-6-5-7-12-17)13-18-15(2)9-8-10-16(18)3/h5-12H,4,13-14H2,1-3H3. The average Bonchev–Trinajstić information content (AvgIpc) is 2.49. The summed E-state index contributed by atoms with van der Waals surface area (Å²) in [4.78, 5) is 0. The molecule has 2 aromatic rings. The zero-order chi connectivity index (χ0) is 14.6. The molecule has 106 valence electrons. The Morgan fingerprint density at radius 2 is 1.50 bits per heavy atom. The van der Waals surface area contributed by atoms with E-state index in [0.29, 0.717) is 0 Å². The van der Waals surface area contributed by atoms with Gasteiger partial charge in [-0.2, -0.15) is 0 Å². The second kappa shape index (κ2) is 6.58. The summed E-state index contributed by atoms with van der Waals surface area (Å²) in [7, 11) is 0. The Hall–Kier alpha value is -1.08. The van der Waals surface area contributed by atoms with Gasteiger partial charge in [0, 0.05) is 10.7 Å². The topological polar surface area (TPSA) is 0 Å². The first kappa shape index (κ1) is 15.3. The lowest BCUT2D eigenvalue weighted by Crippen LogP contribution is -2.30. The fourth-order valence-electron chi connectivity index (χ4n) is 2.91. The summed E-state index contributed by atoms with van der Waals surface area (Å²) in [5.41, 5.74) is 5.91. The van der Waals surface area contributed by atoms with Gasteiger partial charge in [0.25, 0.3) is 0 Å². The Morgan fingerprint density at radius 3 is 2.00 bits per heavy atom. The van der Waals surface area contributed by atoms with Crippen LogP contribution in [-0.2, 0) is 11.8 Å². The summed E-state index contributed by atoms with van der Waals surface area (Å²) in [5.74, 6) is 0. The SMILES string of the molecule is CCC(CBr)(Cc1c(C)cccc1C)c1ccccc1. The van der Waals surface area contributed by atoms with Crippen molar-refractivity contribution in [3.05, 3.63) is 70.8 Å². The van der Waals surface area contributed by atoms with Gasteiger partial charge in [-0.05, 0) is 48.9 Å². The highest BCUT2D eigenvalue weighted by Crippen LogP contribution is 2.35. The van der Waals surface area contributed by atoms with E-state index in [1.54, 1.807) is 0 Å². The number of benzene rings is 2. The van der Waals surface area contributed by atoms with Gasteiger partial charge in [-0.1, -0.05) is 71.4 Å². The lowest BCUT2D eigenvalue weighted by atomic mass is 9.74. The molecule has 0 aliphatic rings. The summed E-state index contributed by atoms with van der Waals surface area (Å²) in [6.45, 7) is 6.74. The van der Waals surface area contributed by atoms with Crippen molar-refractivity contribution in [1.29, 1.82) is 0 Å². The van der Waals surface area contributed by atoms with Gasteiger partial charge in [-0.15, -0.1) is 0 Å². The highest BCUT2D eigenvalue weighted by atomic mass is 79.9. The van der Waals surface area contributed by atoms with Crippen molar-refractivity contribution in [3.8, 4) is 0 Å². The molecule has 0 aliphatic carbocycles. The largest absolute Gasteiger partial charge is 0.0918 e. The molecule has 2 aromatic carbocycles. The molecule has 0 radical (unpaired) electrons. The molecule has 1 atom stereocenters. The fourth-order valence-corrected chi connectivity index (χ4v) is 3.83. The maximum Gasteiger partial charge on any atom is 0.0132 e. The Bertz CT molecular complexity index is 533. The highest BCUT2D eigenvalue weighted by Gasteiger charge is 2.30. The maximum absolute atomic E-state index is 3.78. The zero-order valence-corrected chi connectivity index (χ0v) is 14.2. The lowest BCUT2D eigenvalue weighted by Gasteiger charge is -2.33. The van der Waals surface area contributed by atoms with E-state index in [2.05, 4.69) is 85.2 Å². The fraction of sp³-hybridized carbons (Fsp3) is 0.368. The van der Waals surface area contributed by atoms with Crippen molar-refractivity contribution >= 4 is 15.9 Å².